The first-order valence-electron chi connectivity index (χ1n) is 4.59. The maximum atomic E-state index is 11.2. The predicted octanol–water partition coefficient (Wildman–Crippen LogP) is 2.07. The average Bonchev–Trinajstić information content (AvgIpc) is 2.21. The number of hydrogen-bond acceptors (Lipinski definition) is 4. The Kier molecular flexibility index (Phi) is 4.37. The summed E-state index contributed by atoms with van der Waals surface area (Å²) in [6.07, 6.45) is 0.830. The molecule has 0 spiro atoms. The van der Waals surface area contributed by atoms with Crippen molar-refractivity contribution in [3.05, 3.63) is 23.4 Å². The van der Waals surface area contributed by atoms with Crippen LogP contribution in [0.4, 0.5) is 0 Å². The van der Waals surface area contributed by atoms with Crippen molar-refractivity contribution in [3.8, 4) is 5.88 Å². The number of hydrogen-bond donors (Lipinski definition) is 0. The second kappa shape index (κ2) is 5.56. The molecular formula is C10H12ClNO3. The number of rotatable bonds is 4. The minimum atomic E-state index is -0.711. The van der Waals surface area contributed by atoms with Gasteiger partial charge in [0.15, 0.2) is 6.10 Å². The fraction of sp³-hybridized carbons (Fsp3) is 0.400. The summed E-state index contributed by atoms with van der Waals surface area (Å²) in [5.74, 6) is -0.195. The number of pyridine rings is 1. The molecule has 15 heavy (non-hydrogen) atoms. The van der Waals surface area contributed by atoms with Gasteiger partial charge in [-0.3, -0.25) is 0 Å². The van der Waals surface area contributed by atoms with E-state index in [4.69, 9.17) is 21.1 Å². The minimum Gasteiger partial charge on any atom is -0.463 e. The van der Waals surface area contributed by atoms with E-state index in [9.17, 15) is 4.79 Å². The van der Waals surface area contributed by atoms with Gasteiger partial charge in [-0.2, -0.15) is 0 Å². The quantitative estimate of drug-likeness (QED) is 0.742. The van der Waals surface area contributed by atoms with Crippen LogP contribution in [0.5, 0.6) is 5.88 Å². The third kappa shape index (κ3) is 3.40. The van der Waals surface area contributed by atoms with Gasteiger partial charge in [0.2, 0.25) is 5.88 Å². The van der Waals surface area contributed by atoms with Gasteiger partial charge in [-0.25, -0.2) is 9.78 Å². The highest BCUT2D eigenvalue weighted by Gasteiger charge is 2.17. The van der Waals surface area contributed by atoms with Crippen molar-refractivity contribution in [2.75, 3.05) is 6.61 Å². The Morgan fingerprint density at radius 1 is 1.67 bits per heavy atom. The number of carbonyl (C=O) groups is 1. The summed E-state index contributed by atoms with van der Waals surface area (Å²) in [6.45, 7) is 3.64. The largest absolute Gasteiger partial charge is 0.463 e. The lowest BCUT2D eigenvalue weighted by atomic mass is 10.4. The number of halogens is 1. The first-order chi connectivity index (χ1) is 7.15. The van der Waals surface area contributed by atoms with Crippen LogP contribution >= 0.6 is 11.6 Å². The molecule has 5 heteroatoms. The van der Waals surface area contributed by atoms with Gasteiger partial charge < -0.3 is 9.47 Å². The second-order valence-corrected chi connectivity index (χ2v) is 3.21. The van der Waals surface area contributed by atoms with Crippen molar-refractivity contribution >= 4 is 17.6 Å². The molecule has 1 aromatic rings. The van der Waals surface area contributed by atoms with Crippen molar-refractivity contribution in [1.29, 1.82) is 0 Å². The lowest BCUT2D eigenvalue weighted by Gasteiger charge is -2.12. The molecular weight excluding hydrogens is 218 g/mol. The molecule has 0 saturated heterocycles. The van der Waals surface area contributed by atoms with E-state index in [1.807, 2.05) is 0 Å². The van der Waals surface area contributed by atoms with Gasteiger partial charge in [-0.15, -0.1) is 0 Å². The Morgan fingerprint density at radius 3 is 3.00 bits per heavy atom. The zero-order chi connectivity index (χ0) is 11.3. The first kappa shape index (κ1) is 11.8. The zero-order valence-corrected chi connectivity index (χ0v) is 9.32. The third-order valence-electron chi connectivity index (χ3n) is 1.63. The van der Waals surface area contributed by atoms with Gasteiger partial charge >= 0.3 is 5.97 Å². The van der Waals surface area contributed by atoms with E-state index < -0.39 is 12.1 Å². The number of ether oxygens (including phenoxy) is 2. The molecule has 0 amide bonds. The highest BCUT2D eigenvalue weighted by atomic mass is 35.5. The number of aromatic nitrogens is 1. The van der Waals surface area contributed by atoms with E-state index in [0.29, 0.717) is 11.6 Å². The standard InChI is InChI=1S/C10H12ClNO3/c1-3-14-10(13)7(2)15-9-8(11)5-4-6-12-9/h4-7H,3H2,1-2H3. The molecule has 1 heterocycles. The SMILES string of the molecule is CCOC(=O)C(C)Oc1ncccc1Cl. The van der Waals surface area contributed by atoms with E-state index in [2.05, 4.69) is 4.98 Å². The van der Waals surface area contributed by atoms with Gasteiger partial charge in [0.1, 0.15) is 5.02 Å². The summed E-state index contributed by atoms with van der Waals surface area (Å²) >= 11 is 5.81. The summed E-state index contributed by atoms with van der Waals surface area (Å²) in [6, 6.07) is 3.33. The molecule has 1 unspecified atom stereocenters. The fourth-order valence-electron chi connectivity index (χ4n) is 0.933. The number of nitrogens with zero attached hydrogens (tertiary/aromatic N) is 1. The molecule has 0 N–H and O–H groups in total. The van der Waals surface area contributed by atoms with Crippen molar-refractivity contribution in [2.45, 2.75) is 20.0 Å². The Bertz CT molecular complexity index is 343. The van der Waals surface area contributed by atoms with E-state index in [1.54, 1.807) is 32.2 Å². The van der Waals surface area contributed by atoms with Gasteiger partial charge in [-0.05, 0) is 26.0 Å². The Hall–Kier alpha value is -1.29. The number of esters is 1. The van der Waals surface area contributed by atoms with E-state index in [0.717, 1.165) is 0 Å². The van der Waals surface area contributed by atoms with Gasteiger partial charge in [0.05, 0.1) is 6.61 Å². The van der Waals surface area contributed by atoms with E-state index in [-0.39, 0.29) is 5.88 Å². The monoisotopic (exact) mass is 229 g/mol. The molecule has 1 atom stereocenters. The summed E-state index contributed by atoms with van der Waals surface area (Å²) in [7, 11) is 0. The normalized spacial score (nSPS) is 11.9. The van der Waals surface area contributed by atoms with Crippen LogP contribution in [-0.2, 0) is 9.53 Å². The molecule has 0 aliphatic heterocycles. The van der Waals surface area contributed by atoms with Crippen LogP contribution in [0.3, 0.4) is 0 Å². The van der Waals surface area contributed by atoms with E-state index >= 15 is 0 Å². The highest BCUT2D eigenvalue weighted by molar-refractivity contribution is 6.31. The molecule has 1 rings (SSSR count). The van der Waals surface area contributed by atoms with Gasteiger partial charge in [0, 0.05) is 6.20 Å². The summed E-state index contributed by atoms with van der Waals surface area (Å²) in [5.41, 5.74) is 0. The van der Waals surface area contributed by atoms with Crippen molar-refractivity contribution < 1.29 is 14.3 Å². The predicted molar refractivity (Wildman–Crippen MR) is 56.0 cm³/mol. The lowest BCUT2D eigenvalue weighted by Crippen LogP contribution is -2.26. The van der Waals surface area contributed by atoms with Crippen molar-refractivity contribution in [1.82, 2.24) is 4.98 Å². The van der Waals surface area contributed by atoms with Gasteiger partial charge in [0.25, 0.3) is 0 Å². The first-order valence-corrected chi connectivity index (χ1v) is 4.96. The fourth-order valence-corrected chi connectivity index (χ4v) is 1.10. The topological polar surface area (TPSA) is 48.4 Å². The molecule has 82 valence electrons. The molecule has 0 radical (unpaired) electrons. The zero-order valence-electron chi connectivity index (χ0n) is 8.57. The van der Waals surface area contributed by atoms with Crippen molar-refractivity contribution in [3.63, 3.8) is 0 Å². The van der Waals surface area contributed by atoms with Crippen LogP contribution in [0.1, 0.15) is 13.8 Å². The van der Waals surface area contributed by atoms with Crippen LogP contribution in [-0.4, -0.2) is 23.7 Å². The molecule has 4 nitrogen and oxygen atoms in total. The Morgan fingerprint density at radius 2 is 2.40 bits per heavy atom. The van der Waals surface area contributed by atoms with Crippen LogP contribution < -0.4 is 4.74 Å². The van der Waals surface area contributed by atoms with Crippen LogP contribution in [0.25, 0.3) is 0 Å². The molecule has 1 aromatic heterocycles. The lowest BCUT2D eigenvalue weighted by molar-refractivity contribution is -0.150. The summed E-state index contributed by atoms with van der Waals surface area (Å²) in [4.78, 5) is 15.1. The third-order valence-corrected chi connectivity index (χ3v) is 1.92. The van der Waals surface area contributed by atoms with Crippen molar-refractivity contribution in [2.24, 2.45) is 0 Å². The second-order valence-electron chi connectivity index (χ2n) is 2.80. The highest BCUT2D eigenvalue weighted by Crippen LogP contribution is 2.21. The minimum absolute atomic E-state index is 0.236. The maximum Gasteiger partial charge on any atom is 0.347 e. The van der Waals surface area contributed by atoms with E-state index in [1.165, 1.54) is 0 Å². The molecule has 0 aliphatic rings. The molecule has 0 fully saturated rings. The average molecular weight is 230 g/mol. The van der Waals surface area contributed by atoms with Crippen LogP contribution in [0.2, 0.25) is 5.02 Å². The Labute approximate surface area is 93.2 Å². The van der Waals surface area contributed by atoms with Gasteiger partial charge in [-0.1, -0.05) is 11.6 Å². The Balaban J connectivity index is 2.62. The molecule has 0 aliphatic carbocycles. The summed E-state index contributed by atoms with van der Waals surface area (Å²) < 4.78 is 10.0. The smallest absolute Gasteiger partial charge is 0.347 e. The number of carbonyl (C=O) groups excluding carboxylic acids is 1. The van der Waals surface area contributed by atoms with Crippen LogP contribution in [0.15, 0.2) is 18.3 Å². The molecule has 0 saturated carbocycles. The summed E-state index contributed by atoms with van der Waals surface area (Å²) in [5, 5.41) is 0.369. The molecule has 0 aromatic carbocycles. The van der Waals surface area contributed by atoms with Crippen LogP contribution in [0, 0.1) is 0 Å². The molecule has 0 bridgehead atoms. The maximum absolute atomic E-state index is 11.2.